The summed E-state index contributed by atoms with van der Waals surface area (Å²) in [5.41, 5.74) is 1.54. The van der Waals surface area contributed by atoms with Crippen molar-refractivity contribution in [1.82, 2.24) is 9.97 Å². The van der Waals surface area contributed by atoms with E-state index < -0.39 is 0 Å². The molecule has 0 amide bonds. The number of furan rings is 1. The zero-order valence-corrected chi connectivity index (χ0v) is 8.65. The van der Waals surface area contributed by atoms with Crippen molar-refractivity contribution in [1.29, 1.82) is 0 Å². The quantitative estimate of drug-likeness (QED) is 0.614. The lowest BCUT2D eigenvalue weighted by Crippen LogP contribution is -1.81. The van der Waals surface area contributed by atoms with E-state index in [1.54, 1.807) is 12.4 Å². The maximum Gasteiger partial charge on any atom is 0.170 e. The normalized spacial score (nSPS) is 11.2. The van der Waals surface area contributed by atoms with Crippen molar-refractivity contribution in [3.63, 3.8) is 0 Å². The molecule has 0 N–H and O–H groups in total. The third kappa shape index (κ3) is 1.04. The van der Waals surface area contributed by atoms with Crippen LogP contribution in [0.1, 0.15) is 0 Å². The molecular formula is C10H5BrN2O. The molecule has 3 heterocycles. The number of pyridine rings is 2. The van der Waals surface area contributed by atoms with Gasteiger partial charge in [0.1, 0.15) is 5.58 Å². The van der Waals surface area contributed by atoms with Gasteiger partial charge in [-0.2, -0.15) is 0 Å². The van der Waals surface area contributed by atoms with Crippen LogP contribution in [0.4, 0.5) is 0 Å². The van der Waals surface area contributed by atoms with Gasteiger partial charge < -0.3 is 4.42 Å². The minimum absolute atomic E-state index is 0.710. The standard InChI is InChI=1S/C10H5BrN2O/c11-8-4-6-5-13-10-7(9(6)14-8)2-1-3-12-10/h1-5H. The Morgan fingerprint density at radius 2 is 2.21 bits per heavy atom. The Balaban J connectivity index is 2.60. The molecule has 14 heavy (non-hydrogen) atoms. The van der Waals surface area contributed by atoms with Gasteiger partial charge in [0.2, 0.25) is 0 Å². The second-order valence-electron chi connectivity index (χ2n) is 2.97. The third-order valence-corrected chi connectivity index (χ3v) is 2.48. The molecule has 0 fully saturated rings. The lowest BCUT2D eigenvalue weighted by atomic mass is 10.2. The van der Waals surface area contributed by atoms with Crippen LogP contribution in [0.25, 0.3) is 22.0 Å². The molecule has 0 saturated heterocycles. The number of nitrogens with zero attached hydrogens (tertiary/aromatic N) is 2. The molecule has 0 bridgehead atoms. The minimum Gasteiger partial charge on any atom is -0.449 e. The SMILES string of the molecule is Brc1cc2cnc3ncccc3c2o1. The summed E-state index contributed by atoms with van der Waals surface area (Å²) in [4.78, 5) is 8.38. The molecule has 0 spiro atoms. The van der Waals surface area contributed by atoms with Crippen LogP contribution in [0.3, 0.4) is 0 Å². The van der Waals surface area contributed by atoms with E-state index in [0.717, 1.165) is 16.4 Å². The fourth-order valence-corrected chi connectivity index (χ4v) is 1.90. The lowest BCUT2D eigenvalue weighted by molar-refractivity contribution is 0.590. The zero-order valence-electron chi connectivity index (χ0n) is 7.07. The Morgan fingerprint density at radius 3 is 3.14 bits per heavy atom. The third-order valence-electron chi connectivity index (χ3n) is 2.09. The largest absolute Gasteiger partial charge is 0.449 e. The fraction of sp³-hybridized carbons (Fsp3) is 0. The van der Waals surface area contributed by atoms with Crippen LogP contribution in [0.15, 0.2) is 39.7 Å². The number of aromatic nitrogens is 2. The molecule has 0 radical (unpaired) electrons. The van der Waals surface area contributed by atoms with Crippen LogP contribution in [0, 0.1) is 0 Å². The smallest absolute Gasteiger partial charge is 0.170 e. The molecule has 3 rings (SSSR count). The van der Waals surface area contributed by atoms with Crippen molar-refractivity contribution in [3.8, 4) is 0 Å². The summed E-state index contributed by atoms with van der Waals surface area (Å²) in [7, 11) is 0. The number of fused-ring (bicyclic) bond motifs is 3. The molecule has 3 aromatic rings. The average Bonchev–Trinajstić information content (AvgIpc) is 2.59. The zero-order chi connectivity index (χ0) is 9.54. The highest BCUT2D eigenvalue weighted by Crippen LogP contribution is 2.27. The first kappa shape index (κ1) is 7.94. The van der Waals surface area contributed by atoms with Gasteiger partial charge in [-0.25, -0.2) is 9.97 Å². The van der Waals surface area contributed by atoms with Gasteiger partial charge in [-0.1, -0.05) is 0 Å². The van der Waals surface area contributed by atoms with E-state index in [1.807, 2.05) is 18.2 Å². The van der Waals surface area contributed by atoms with Gasteiger partial charge in [0.15, 0.2) is 10.3 Å². The number of hydrogen-bond acceptors (Lipinski definition) is 3. The van der Waals surface area contributed by atoms with E-state index in [1.165, 1.54) is 0 Å². The van der Waals surface area contributed by atoms with Crippen LogP contribution in [-0.2, 0) is 0 Å². The predicted molar refractivity (Wildman–Crippen MR) is 57.0 cm³/mol. The van der Waals surface area contributed by atoms with Crippen LogP contribution in [0.2, 0.25) is 0 Å². The number of halogens is 1. The van der Waals surface area contributed by atoms with Gasteiger partial charge in [0, 0.05) is 23.8 Å². The molecule has 0 aliphatic rings. The van der Waals surface area contributed by atoms with E-state index >= 15 is 0 Å². The Bertz CT molecular complexity index is 618. The highest BCUT2D eigenvalue weighted by Gasteiger charge is 2.06. The van der Waals surface area contributed by atoms with Crippen LogP contribution in [-0.4, -0.2) is 9.97 Å². The molecule has 0 aliphatic carbocycles. The first-order valence-corrected chi connectivity index (χ1v) is 4.93. The second kappa shape index (κ2) is 2.78. The van der Waals surface area contributed by atoms with Crippen LogP contribution in [0.5, 0.6) is 0 Å². The first-order chi connectivity index (χ1) is 6.84. The van der Waals surface area contributed by atoms with Gasteiger partial charge in [-0.05, 0) is 28.1 Å². The lowest BCUT2D eigenvalue weighted by Gasteiger charge is -1.94. The van der Waals surface area contributed by atoms with Crippen molar-refractivity contribution in [3.05, 3.63) is 35.3 Å². The molecule has 0 atom stereocenters. The maximum atomic E-state index is 5.52. The highest BCUT2D eigenvalue weighted by molar-refractivity contribution is 9.10. The summed E-state index contributed by atoms with van der Waals surface area (Å²) >= 11 is 3.30. The summed E-state index contributed by atoms with van der Waals surface area (Å²) < 4.78 is 6.23. The molecule has 3 aromatic heterocycles. The van der Waals surface area contributed by atoms with Gasteiger partial charge in [-0.15, -0.1) is 0 Å². The summed E-state index contributed by atoms with van der Waals surface area (Å²) in [6.07, 6.45) is 3.48. The van der Waals surface area contributed by atoms with E-state index in [4.69, 9.17) is 4.42 Å². The van der Waals surface area contributed by atoms with Crippen LogP contribution >= 0.6 is 15.9 Å². The Kier molecular flexibility index (Phi) is 1.58. The van der Waals surface area contributed by atoms with Crippen molar-refractivity contribution in [2.45, 2.75) is 0 Å². The molecule has 0 saturated carbocycles. The average molecular weight is 249 g/mol. The Labute approximate surface area is 87.9 Å². The number of rotatable bonds is 0. The fourth-order valence-electron chi connectivity index (χ4n) is 1.49. The van der Waals surface area contributed by atoms with Gasteiger partial charge in [-0.3, -0.25) is 0 Å². The summed E-state index contributed by atoms with van der Waals surface area (Å²) in [5, 5.41) is 1.92. The van der Waals surface area contributed by atoms with Crippen molar-refractivity contribution in [2.24, 2.45) is 0 Å². The minimum atomic E-state index is 0.710. The molecule has 4 heteroatoms. The topological polar surface area (TPSA) is 38.9 Å². The van der Waals surface area contributed by atoms with E-state index in [9.17, 15) is 0 Å². The van der Waals surface area contributed by atoms with Gasteiger partial charge in [0.25, 0.3) is 0 Å². The maximum absolute atomic E-state index is 5.52. The Hall–Kier alpha value is -1.42. The highest BCUT2D eigenvalue weighted by atomic mass is 79.9. The van der Waals surface area contributed by atoms with E-state index in [0.29, 0.717) is 10.3 Å². The van der Waals surface area contributed by atoms with Gasteiger partial charge >= 0.3 is 0 Å². The summed E-state index contributed by atoms with van der Waals surface area (Å²) in [6, 6.07) is 5.72. The molecule has 0 aromatic carbocycles. The van der Waals surface area contributed by atoms with Crippen molar-refractivity contribution < 1.29 is 4.42 Å². The van der Waals surface area contributed by atoms with E-state index in [2.05, 4.69) is 25.9 Å². The first-order valence-electron chi connectivity index (χ1n) is 4.13. The van der Waals surface area contributed by atoms with Crippen molar-refractivity contribution >= 4 is 37.9 Å². The van der Waals surface area contributed by atoms with Crippen LogP contribution < -0.4 is 0 Å². The predicted octanol–water partition coefficient (Wildman–Crippen LogP) is 3.14. The molecule has 68 valence electrons. The molecule has 0 aliphatic heterocycles. The number of hydrogen-bond donors (Lipinski definition) is 0. The molecule has 3 nitrogen and oxygen atoms in total. The molecular weight excluding hydrogens is 244 g/mol. The monoisotopic (exact) mass is 248 g/mol. The Morgan fingerprint density at radius 1 is 1.29 bits per heavy atom. The summed E-state index contributed by atoms with van der Waals surface area (Å²) in [5.74, 6) is 0. The van der Waals surface area contributed by atoms with Crippen molar-refractivity contribution in [2.75, 3.05) is 0 Å². The second-order valence-corrected chi connectivity index (χ2v) is 3.75. The van der Waals surface area contributed by atoms with Gasteiger partial charge in [0.05, 0.1) is 5.39 Å². The van der Waals surface area contributed by atoms with E-state index in [-0.39, 0.29) is 0 Å². The summed E-state index contributed by atoms with van der Waals surface area (Å²) in [6.45, 7) is 0. The molecule has 0 unspecified atom stereocenters.